The average molecular weight is 996 g/mol. The van der Waals surface area contributed by atoms with Gasteiger partial charge in [-0.1, -0.05) is 235 Å². The SMILES string of the molecule is C=C.C=C.CC(C)(C)C.CC(C)(C)C.CC(C)(C)C(C)(C)C.CC(C)(C)C(C)(C)C.CC(C)(C)C(C)(C)C.CC(C)(C)C(C)(C)C(C)(C)C.COC(C)(C)C.COC(C)(C)OC.[CH3][GeH2][CH3]. The molecular formula is C61H142GeO3. The van der Waals surface area contributed by atoms with Crippen molar-refractivity contribution in [1.82, 2.24) is 0 Å². The van der Waals surface area contributed by atoms with Crippen molar-refractivity contribution in [2.24, 2.45) is 59.6 Å². The molecule has 0 fully saturated rings. The van der Waals surface area contributed by atoms with Crippen LogP contribution in [0, 0.1) is 59.6 Å². The first kappa shape index (κ1) is 91.2. The van der Waals surface area contributed by atoms with Gasteiger partial charge >= 0.3 is 26.9 Å². The third kappa shape index (κ3) is 84.3. The van der Waals surface area contributed by atoms with Gasteiger partial charge in [0.2, 0.25) is 0 Å². The van der Waals surface area contributed by atoms with E-state index in [4.69, 9.17) is 14.2 Å². The molecule has 0 aromatic rings. The number of hydrogen-bond acceptors (Lipinski definition) is 3. The topological polar surface area (TPSA) is 27.7 Å². The Morgan fingerprint density at radius 1 is 0.246 bits per heavy atom. The van der Waals surface area contributed by atoms with Crippen molar-refractivity contribution in [2.45, 2.75) is 293 Å². The summed E-state index contributed by atoms with van der Waals surface area (Å²) >= 11 is 0.125. The predicted octanol–water partition coefficient (Wildman–Crippen LogP) is 21.7. The zero-order chi connectivity index (χ0) is 57.3. The average Bonchev–Trinajstić information content (AvgIpc) is 2.99. The molecule has 0 saturated carbocycles. The quantitative estimate of drug-likeness (QED) is 0.157. The second-order valence-electron chi connectivity index (χ2n) is 30.5. The number of methoxy groups -OCH3 is 3. The van der Waals surface area contributed by atoms with Gasteiger partial charge in [0.1, 0.15) is 0 Å². The van der Waals surface area contributed by atoms with Gasteiger partial charge in [0.15, 0.2) is 5.79 Å². The van der Waals surface area contributed by atoms with E-state index in [9.17, 15) is 0 Å². The van der Waals surface area contributed by atoms with Crippen LogP contribution in [0.5, 0.6) is 0 Å². The zero-order valence-electron chi connectivity index (χ0n) is 55.3. The Bertz CT molecular complexity index is 845. The molecule has 0 atom stereocenters. The van der Waals surface area contributed by atoms with E-state index >= 15 is 0 Å². The Hall–Kier alpha value is -0.0971. The summed E-state index contributed by atoms with van der Waals surface area (Å²) < 4.78 is 14.7. The van der Waals surface area contributed by atoms with Crippen LogP contribution in [0.15, 0.2) is 26.3 Å². The minimum absolute atomic E-state index is 0.0417. The van der Waals surface area contributed by atoms with Crippen LogP contribution in [-0.2, 0) is 14.2 Å². The van der Waals surface area contributed by atoms with E-state index in [0.717, 1.165) is 0 Å². The van der Waals surface area contributed by atoms with Crippen LogP contribution >= 0.6 is 0 Å². The Morgan fingerprint density at radius 3 is 0.338 bits per heavy atom. The van der Waals surface area contributed by atoms with Crippen molar-refractivity contribution in [2.75, 3.05) is 21.3 Å². The molecule has 408 valence electrons. The van der Waals surface area contributed by atoms with Crippen molar-refractivity contribution >= 4 is 15.4 Å². The summed E-state index contributed by atoms with van der Waals surface area (Å²) in [6.45, 7) is 98.8. The molecule has 0 rings (SSSR count). The molecule has 0 radical (unpaired) electrons. The van der Waals surface area contributed by atoms with Gasteiger partial charge in [0.05, 0.1) is 5.60 Å². The summed E-state index contributed by atoms with van der Waals surface area (Å²) in [5.74, 6) is 4.21. The van der Waals surface area contributed by atoms with Gasteiger partial charge < -0.3 is 14.2 Å². The number of rotatable bonds is 2. The van der Waals surface area contributed by atoms with E-state index in [1.807, 2.05) is 34.6 Å². The summed E-state index contributed by atoms with van der Waals surface area (Å²) in [5, 5.41) is 0. The predicted molar refractivity (Wildman–Crippen MR) is 317 cm³/mol. The van der Waals surface area contributed by atoms with Crippen molar-refractivity contribution in [3.05, 3.63) is 26.3 Å². The van der Waals surface area contributed by atoms with Gasteiger partial charge in [0.25, 0.3) is 0 Å². The third-order valence-corrected chi connectivity index (χ3v) is 12.1. The van der Waals surface area contributed by atoms with Gasteiger partial charge in [-0.05, 0) is 94.2 Å². The van der Waals surface area contributed by atoms with Crippen molar-refractivity contribution in [3.63, 3.8) is 0 Å². The Kier molecular flexibility index (Phi) is 52.9. The fraction of sp³-hybridized carbons (Fsp3) is 0.934. The van der Waals surface area contributed by atoms with Crippen molar-refractivity contribution in [1.29, 1.82) is 0 Å². The van der Waals surface area contributed by atoms with E-state index in [1.165, 1.54) is 0 Å². The second-order valence-corrected chi connectivity index (χ2v) is 33.4. The molecule has 0 aliphatic heterocycles. The molecule has 0 aromatic heterocycles. The molecule has 0 spiro atoms. The number of hydrogen-bond donors (Lipinski definition) is 0. The van der Waals surface area contributed by atoms with Gasteiger partial charge in [-0.25, -0.2) is 0 Å². The Labute approximate surface area is 427 Å². The Balaban J connectivity index is -0.0000000563. The van der Waals surface area contributed by atoms with E-state index in [-0.39, 0.29) is 21.0 Å². The molecule has 65 heavy (non-hydrogen) atoms. The fourth-order valence-electron chi connectivity index (χ4n) is 1.21. The van der Waals surface area contributed by atoms with E-state index in [2.05, 4.69) is 273 Å². The molecule has 0 unspecified atom stereocenters. The first-order valence-electron chi connectivity index (χ1n) is 25.0. The van der Waals surface area contributed by atoms with Crippen LogP contribution < -0.4 is 0 Å². The molecule has 0 aliphatic carbocycles. The molecule has 0 saturated heterocycles. The summed E-state index contributed by atoms with van der Waals surface area (Å²) in [6, 6.07) is 0. The minimum atomic E-state index is -0.417. The van der Waals surface area contributed by atoms with Gasteiger partial charge in [-0.3, -0.25) is 0 Å². The second kappa shape index (κ2) is 37.7. The molecule has 4 heteroatoms. The first-order valence-corrected chi connectivity index (χ1v) is 30.9. The summed E-state index contributed by atoms with van der Waals surface area (Å²) in [7, 11) is 4.94. The van der Waals surface area contributed by atoms with Crippen molar-refractivity contribution < 1.29 is 14.2 Å². The maximum atomic E-state index is 4.94. The van der Waals surface area contributed by atoms with Gasteiger partial charge in [-0.15, -0.1) is 26.3 Å². The van der Waals surface area contributed by atoms with Gasteiger partial charge in [0, 0.05) is 21.3 Å². The third-order valence-electron chi connectivity index (χ3n) is 12.1. The fourth-order valence-corrected chi connectivity index (χ4v) is 1.21. The van der Waals surface area contributed by atoms with E-state index in [0.29, 0.717) is 59.6 Å². The molecule has 0 bridgehead atoms. The van der Waals surface area contributed by atoms with Crippen LogP contribution in [0.1, 0.15) is 270 Å². The van der Waals surface area contributed by atoms with E-state index < -0.39 is 5.79 Å². The molecule has 0 aliphatic rings. The zero-order valence-corrected chi connectivity index (χ0v) is 58.2. The molecule has 0 aromatic carbocycles. The summed E-state index contributed by atoms with van der Waals surface area (Å²) in [4.78, 5) is 0. The molecule has 3 nitrogen and oxygen atoms in total. The molecule has 0 heterocycles. The standard InChI is InChI=1S/C11H24.3C8H18.C5H12O2.C5H12O.2C5H12.C2H8Ge.2C2H4/c1-9(2,3)11(7,8)10(4,5)6;3*1-7(2,3)8(4,5)6;1-5(2,6-3)7-4;1-5(2,3)6-4;2*1-5(2,3)4;1-3-2;2*1-2/h1-8H3;3*1-6H3;1-4H3;1-4H3;2*1-4H3;3H2,1-2H3;2*1-2H2. The van der Waals surface area contributed by atoms with Crippen molar-refractivity contribution in [3.8, 4) is 0 Å². The molecule has 0 N–H and O–H groups in total. The monoisotopic (exact) mass is 997 g/mol. The summed E-state index contributed by atoms with van der Waals surface area (Å²) in [6.07, 6.45) is 0. The summed E-state index contributed by atoms with van der Waals surface area (Å²) in [5.41, 5.74) is 4.80. The van der Waals surface area contributed by atoms with Crippen LogP contribution in [0.4, 0.5) is 0 Å². The van der Waals surface area contributed by atoms with Gasteiger partial charge in [-0.2, -0.15) is 0 Å². The van der Waals surface area contributed by atoms with E-state index in [1.54, 1.807) is 21.3 Å². The van der Waals surface area contributed by atoms with Crippen LogP contribution in [0.3, 0.4) is 0 Å². The van der Waals surface area contributed by atoms with Crippen LogP contribution in [-0.4, -0.2) is 48.1 Å². The Morgan fingerprint density at radius 2 is 0.338 bits per heavy atom. The molecular weight excluding hydrogens is 853 g/mol. The van der Waals surface area contributed by atoms with Crippen LogP contribution in [0.25, 0.3) is 0 Å². The first-order chi connectivity index (χ1) is 27.3. The maximum absolute atomic E-state index is 4.94. The van der Waals surface area contributed by atoms with Crippen LogP contribution in [0.2, 0.25) is 11.5 Å². The molecule has 0 amide bonds. The number of ether oxygens (including phenoxy) is 3. The normalized spacial score (nSPS) is 12.5.